The van der Waals surface area contributed by atoms with Crippen LogP contribution in [0.15, 0.2) is 233 Å². The maximum atomic E-state index is 13.5. The van der Waals surface area contributed by atoms with Crippen molar-refractivity contribution < 1.29 is 107 Å². The van der Waals surface area contributed by atoms with Gasteiger partial charge in [-0.1, -0.05) is 332 Å². The molecule has 0 fully saturated rings. The minimum Gasteiger partial charge on any atom is -0.399 e. The van der Waals surface area contributed by atoms with Crippen LogP contribution in [0.2, 0.25) is 0 Å². The molecule has 716 valence electrons. The number of sulfone groups is 4. The van der Waals surface area contributed by atoms with Gasteiger partial charge in [-0.3, -0.25) is 18.2 Å². The van der Waals surface area contributed by atoms with Crippen LogP contribution >= 0.6 is 0 Å². The van der Waals surface area contributed by atoms with Crippen LogP contribution in [-0.4, -0.2) is 85.6 Å². The summed E-state index contributed by atoms with van der Waals surface area (Å²) in [6.07, 6.45) is 40.2. The van der Waals surface area contributed by atoms with E-state index in [1.807, 2.05) is 0 Å². The summed E-state index contributed by atoms with van der Waals surface area (Å²) in [6.45, 7) is 8.76. The van der Waals surface area contributed by atoms with Gasteiger partial charge in [-0.15, -0.1) is 0 Å². The van der Waals surface area contributed by atoms with E-state index in [0.29, 0.717) is 48.4 Å². The summed E-state index contributed by atoms with van der Waals surface area (Å²) in [6, 6.07) is 46.6. The first kappa shape index (κ1) is 114. The smallest absolute Gasteiger partial charge is 0.294 e. The number of rotatable bonds is 56. The first-order chi connectivity index (χ1) is 60.7. The van der Waals surface area contributed by atoms with Gasteiger partial charge in [0.15, 0.2) is 39.3 Å². The molecule has 8 rings (SSSR count). The number of nitrogens with two attached hydrogens (primary N) is 4. The normalized spacial score (nSPS) is 13.1. The zero-order valence-electron chi connectivity index (χ0n) is 75.5. The third-order valence-electron chi connectivity index (χ3n) is 22.8. The van der Waals surface area contributed by atoms with Gasteiger partial charge in [-0.2, -0.15) is 33.7 Å². The molecule has 0 saturated carbocycles. The predicted octanol–water partition coefficient (Wildman–Crippen LogP) is 23.8. The van der Waals surface area contributed by atoms with E-state index in [0.717, 1.165) is 77.0 Å². The van der Waals surface area contributed by atoms with E-state index in [-0.39, 0.29) is 109 Å². The van der Waals surface area contributed by atoms with Crippen molar-refractivity contribution in [1.29, 1.82) is 0 Å². The summed E-state index contributed by atoms with van der Waals surface area (Å²) in [5.74, 6) is 0. The van der Waals surface area contributed by atoms with E-state index in [2.05, 4.69) is 27.7 Å². The molecule has 33 heteroatoms. The number of nitrogen functional groups attached to an aromatic ring is 4. The summed E-state index contributed by atoms with van der Waals surface area (Å²) in [5.41, 5.74) is 25.0. The van der Waals surface area contributed by atoms with Gasteiger partial charge in [0.25, 0.3) is 40.5 Å². The summed E-state index contributed by atoms with van der Waals surface area (Å²) in [4.78, 5) is -1.12. The molecule has 12 N–H and O–H groups in total. The van der Waals surface area contributed by atoms with Crippen LogP contribution < -0.4 is 22.9 Å². The zero-order chi connectivity index (χ0) is 94.5. The van der Waals surface area contributed by atoms with Gasteiger partial charge >= 0.3 is 0 Å². The second-order valence-electron chi connectivity index (χ2n) is 32.9. The van der Waals surface area contributed by atoms with Crippen LogP contribution in [0.25, 0.3) is 0 Å². The molecule has 8 aromatic carbocycles. The SMILES string of the molecule is CCCCCCCCCCCC(c1ccccc1S(=O)(=O)O)S(=O)(=O)c1ccc(N)cc1.CCCCCCCCCCCC(c1ccccc1S(=O)(=O)O)S(=O)(=O)c1ccc(N)cc1.CCCCCCCCCCCC(c1ccccc1S(=O)(=O)O)S(=O)(=O)c1ccc(N)cc1.CCCCCCCCCCCC(c1ccccc1S(=O)(=O)O)S(=O)(=O)c1ccc(N)cc1.[Ti]. The molecule has 0 heterocycles. The Morgan fingerprint density at radius 1 is 0.202 bits per heavy atom. The summed E-state index contributed by atoms with van der Waals surface area (Å²) >= 11 is 0. The van der Waals surface area contributed by atoms with Crippen LogP contribution in [-0.2, 0) is 102 Å². The third kappa shape index (κ3) is 39.3. The molecular formula is C96H140N4O20S8Ti. The first-order valence-electron chi connectivity index (χ1n) is 45.3. The van der Waals surface area contributed by atoms with Gasteiger partial charge in [0, 0.05) is 44.5 Å². The molecule has 4 unspecified atom stereocenters. The molecule has 129 heavy (non-hydrogen) atoms. The van der Waals surface area contributed by atoms with Gasteiger partial charge in [0.1, 0.15) is 0 Å². The van der Waals surface area contributed by atoms with E-state index in [1.54, 1.807) is 24.3 Å². The largest absolute Gasteiger partial charge is 0.399 e. The molecular weight excluding hydrogens is 1830 g/mol. The number of hydrogen-bond donors (Lipinski definition) is 8. The van der Waals surface area contributed by atoms with E-state index < -0.39 is 101 Å². The molecule has 24 nitrogen and oxygen atoms in total. The quantitative estimate of drug-likeness (QED) is 0.00759. The van der Waals surface area contributed by atoms with Crippen molar-refractivity contribution in [3.05, 3.63) is 216 Å². The van der Waals surface area contributed by atoms with Gasteiger partial charge < -0.3 is 22.9 Å². The standard InChI is InChI=1S/4C24H35NO5S2.Ti/c4*1-2-3-4-5-6-7-8-9-10-14-23(22-13-11-12-15-24(22)32(28,29)30)31(26,27)21-18-16-20(25)17-19-21;/h4*11-13,15-19,23H,2-10,14,25H2,1H3,(H,28,29,30);. The average molecular weight is 1970 g/mol. The molecule has 0 saturated heterocycles. The third-order valence-corrected chi connectivity index (χ3v) is 35.2. The van der Waals surface area contributed by atoms with E-state index in [9.17, 15) is 85.6 Å². The van der Waals surface area contributed by atoms with Gasteiger partial charge in [0.2, 0.25) is 0 Å². The number of anilines is 4. The Hall–Kier alpha value is -6.89. The second kappa shape index (κ2) is 58.3. The van der Waals surface area contributed by atoms with Gasteiger partial charge in [-0.25, -0.2) is 33.7 Å². The molecule has 0 bridgehead atoms. The Bertz CT molecular complexity index is 4890. The van der Waals surface area contributed by atoms with Crippen LogP contribution in [0.1, 0.15) is 328 Å². The van der Waals surface area contributed by atoms with Crippen molar-refractivity contribution in [1.82, 2.24) is 0 Å². The maximum absolute atomic E-state index is 13.5. The number of benzene rings is 8. The fourth-order valence-electron chi connectivity index (χ4n) is 15.7. The molecule has 8 aromatic rings. The Labute approximate surface area is 787 Å². The summed E-state index contributed by atoms with van der Waals surface area (Å²) in [5, 5.41) is -4.30. The summed E-state index contributed by atoms with van der Waals surface area (Å²) in [7, 11) is -33.8. The Kier molecular flexibility index (Phi) is 51.7. The van der Waals surface area contributed by atoms with Crippen LogP contribution in [0.3, 0.4) is 0 Å². The zero-order valence-corrected chi connectivity index (χ0v) is 83.6. The van der Waals surface area contributed by atoms with Gasteiger partial charge in [-0.05, 0) is 169 Å². The number of unbranched alkanes of at least 4 members (excludes halogenated alkanes) is 32. The van der Waals surface area contributed by atoms with Crippen LogP contribution in [0, 0.1) is 0 Å². The van der Waals surface area contributed by atoms with Crippen molar-refractivity contribution in [3.63, 3.8) is 0 Å². The molecule has 0 aromatic heterocycles. The van der Waals surface area contributed by atoms with E-state index in [4.69, 9.17) is 22.9 Å². The van der Waals surface area contributed by atoms with Crippen molar-refractivity contribution in [2.24, 2.45) is 0 Å². The predicted molar refractivity (Wildman–Crippen MR) is 516 cm³/mol. The minimum atomic E-state index is -4.56. The fourth-order valence-corrected chi connectivity index (χ4v) is 26.5. The van der Waals surface area contributed by atoms with Crippen molar-refractivity contribution in [3.8, 4) is 0 Å². The van der Waals surface area contributed by atoms with Crippen molar-refractivity contribution >= 4 is 103 Å². The second-order valence-corrected chi connectivity index (χ2v) is 47.0. The molecule has 0 spiro atoms. The molecule has 0 aliphatic carbocycles. The Morgan fingerprint density at radius 2 is 0.333 bits per heavy atom. The topological polar surface area (TPSA) is 458 Å². The van der Waals surface area contributed by atoms with E-state index >= 15 is 0 Å². The first-order valence-corrected chi connectivity index (χ1v) is 57.3. The maximum Gasteiger partial charge on any atom is 0.294 e. The fraction of sp³-hybridized carbons (Fsp3) is 0.500. The Balaban J connectivity index is 0.000000359. The van der Waals surface area contributed by atoms with E-state index in [1.165, 1.54) is 298 Å². The van der Waals surface area contributed by atoms with Crippen molar-refractivity contribution in [2.75, 3.05) is 22.9 Å². The molecule has 0 radical (unpaired) electrons. The Morgan fingerprint density at radius 3 is 0.473 bits per heavy atom. The molecule has 0 aliphatic heterocycles. The number of hydrogen-bond acceptors (Lipinski definition) is 20. The average Bonchev–Trinajstić information content (AvgIpc) is 0.788. The summed E-state index contributed by atoms with van der Waals surface area (Å²) < 4.78 is 242. The van der Waals surface area contributed by atoms with Crippen molar-refractivity contribution in [2.45, 2.75) is 345 Å². The minimum absolute atomic E-state index is 0. The van der Waals surface area contributed by atoms with Crippen LogP contribution in [0.4, 0.5) is 22.7 Å². The monoisotopic (exact) mass is 1970 g/mol. The molecule has 0 aliphatic rings. The molecule has 4 atom stereocenters. The van der Waals surface area contributed by atoms with Gasteiger partial charge in [0.05, 0.1) is 60.2 Å². The molecule has 0 amide bonds. The van der Waals surface area contributed by atoms with Crippen LogP contribution in [0.5, 0.6) is 0 Å².